The Balaban J connectivity index is 1.16. The highest BCUT2D eigenvalue weighted by Crippen LogP contribution is 2.25. The summed E-state index contributed by atoms with van der Waals surface area (Å²) in [6, 6.07) is 19.8. The molecule has 1 fully saturated rings. The average Bonchev–Trinajstić information content (AvgIpc) is 3.41. The van der Waals surface area contributed by atoms with Crippen molar-refractivity contribution in [1.82, 2.24) is 20.1 Å². The molecular weight excluding hydrogens is 432 g/mol. The Morgan fingerprint density at radius 3 is 2.33 bits per heavy atom. The van der Waals surface area contributed by atoms with Crippen LogP contribution in [0.3, 0.4) is 0 Å². The zero-order valence-corrected chi connectivity index (χ0v) is 19.1. The lowest BCUT2D eigenvalue weighted by Crippen LogP contribution is -2.49. The molecule has 0 unspecified atom stereocenters. The van der Waals surface area contributed by atoms with Crippen molar-refractivity contribution in [3.05, 3.63) is 83.4 Å². The molecule has 0 saturated carbocycles. The summed E-state index contributed by atoms with van der Waals surface area (Å²) < 4.78 is 0. The number of aryl methyl sites for hydroxylation is 1. The van der Waals surface area contributed by atoms with Crippen LogP contribution >= 0.6 is 11.3 Å². The summed E-state index contributed by atoms with van der Waals surface area (Å²) in [6.45, 7) is 4.75. The van der Waals surface area contributed by atoms with Gasteiger partial charge in [0, 0.05) is 42.8 Å². The van der Waals surface area contributed by atoms with E-state index in [4.69, 9.17) is 0 Å². The second-order valence-corrected chi connectivity index (χ2v) is 8.90. The van der Waals surface area contributed by atoms with Crippen LogP contribution in [0, 0.1) is 6.92 Å². The number of hydrogen-bond acceptors (Lipinski definition) is 7. The number of rotatable bonds is 5. The van der Waals surface area contributed by atoms with Crippen LogP contribution in [0.25, 0.3) is 10.4 Å². The minimum Gasteiger partial charge on any atom is -0.352 e. The van der Waals surface area contributed by atoms with Gasteiger partial charge in [-0.1, -0.05) is 24.3 Å². The molecule has 166 valence electrons. The Kier molecular flexibility index (Phi) is 5.99. The molecule has 1 N–H and O–H groups in total. The molecule has 8 heteroatoms. The van der Waals surface area contributed by atoms with Crippen LogP contribution in [-0.2, 0) is 0 Å². The molecule has 0 aliphatic carbocycles. The second-order valence-electron chi connectivity index (χ2n) is 7.96. The van der Waals surface area contributed by atoms with Crippen molar-refractivity contribution in [2.45, 2.75) is 6.92 Å². The number of amides is 1. The minimum absolute atomic E-state index is 0.0728. The molecule has 4 heterocycles. The van der Waals surface area contributed by atoms with Crippen LogP contribution < -0.4 is 10.2 Å². The number of nitrogens with zero attached hydrogens (tertiary/aromatic N) is 5. The number of carbonyl (C=O) groups is 1. The summed E-state index contributed by atoms with van der Waals surface area (Å²) >= 11 is 1.70. The zero-order valence-electron chi connectivity index (χ0n) is 18.3. The first-order chi connectivity index (χ1) is 16.2. The van der Waals surface area contributed by atoms with Crippen molar-refractivity contribution >= 4 is 34.7 Å². The quantitative estimate of drug-likeness (QED) is 0.473. The van der Waals surface area contributed by atoms with E-state index in [2.05, 4.69) is 36.8 Å². The third kappa shape index (κ3) is 4.85. The van der Waals surface area contributed by atoms with Crippen molar-refractivity contribution in [2.24, 2.45) is 0 Å². The fourth-order valence-corrected chi connectivity index (χ4v) is 4.51. The number of piperazine rings is 1. The van der Waals surface area contributed by atoms with Crippen molar-refractivity contribution in [3.8, 4) is 10.4 Å². The molecule has 1 aliphatic rings. The van der Waals surface area contributed by atoms with Crippen LogP contribution in [0.5, 0.6) is 0 Å². The molecule has 1 amide bonds. The van der Waals surface area contributed by atoms with Gasteiger partial charge in [0.1, 0.15) is 5.82 Å². The van der Waals surface area contributed by atoms with Gasteiger partial charge in [-0.2, -0.15) is 0 Å². The van der Waals surface area contributed by atoms with Gasteiger partial charge in [0.15, 0.2) is 11.6 Å². The molecule has 1 aliphatic heterocycles. The Labute approximate surface area is 196 Å². The lowest BCUT2D eigenvalue weighted by molar-refractivity contribution is 0.0746. The van der Waals surface area contributed by atoms with E-state index in [0.29, 0.717) is 18.9 Å². The van der Waals surface area contributed by atoms with Crippen molar-refractivity contribution < 1.29 is 4.79 Å². The van der Waals surface area contributed by atoms with Crippen LogP contribution in [0.4, 0.5) is 17.5 Å². The van der Waals surface area contributed by atoms with E-state index >= 15 is 0 Å². The van der Waals surface area contributed by atoms with Gasteiger partial charge in [-0.05, 0) is 59.8 Å². The lowest BCUT2D eigenvalue weighted by atomic mass is 10.1. The van der Waals surface area contributed by atoms with Crippen LogP contribution in [0.15, 0.2) is 72.2 Å². The summed E-state index contributed by atoms with van der Waals surface area (Å²) in [7, 11) is 0. The average molecular weight is 457 g/mol. The molecular formula is C25H24N6OS. The number of thiophene rings is 1. The van der Waals surface area contributed by atoms with Gasteiger partial charge in [0.25, 0.3) is 5.91 Å². The normalized spacial score (nSPS) is 13.7. The van der Waals surface area contributed by atoms with Crippen LogP contribution in [-0.4, -0.2) is 52.2 Å². The predicted octanol–water partition coefficient (Wildman–Crippen LogP) is 4.61. The van der Waals surface area contributed by atoms with E-state index in [1.165, 1.54) is 4.88 Å². The van der Waals surface area contributed by atoms with Gasteiger partial charge in [-0.25, -0.2) is 4.98 Å². The number of anilines is 3. The molecule has 1 saturated heterocycles. The molecule has 5 rings (SSSR count). The van der Waals surface area contributed by atoms with Gasteiger partial charge in [-0.3, -0.25) is 4.79 Å². The molecule has 33 heavy (non-hydrogen) atoms. The molecule has 3 aromatic heterocycles. The zero-order chi connectivity index (χ0) is 22.6. The minimum atomic E-state index is 0.0728. The van der Waals surface area contributed by atoms with Crippen LogP contribution in [0.2, 0.25) is 0 Å². The third-order valence-electron chi connectivity index (χ3n) is 5.65. The van der Waals surface area contributed by atoms with E-state index in [1.807, 2.05) is 72.6 Å². The first-order valence-electron chi connectivity index (χ1n) is 10.9. The number of hydrogen-bond donors (Lipinski definition) is 1. The standard InChI is InChI=1S/C25H24N6OS/c1-18-4-9-22(26-17-18)27-23-10-11-24(29-28-23)30-12-14-31(15-13-30)25(32)20-7-5-19(6-8-20)21-3-2-16-33-21/h2-11,16-17H,12-15H2,1H3,(H,26,27,28). The van der Waals surface area contributed by atoms with Crippen molar-refractivity contribution in [3.63, 3.8) is 0 Å². The summed E-state index contributed by atoms with van der Waals surface area (Å²) in [5.74, 6) is 2.27. The molecule has 0 spiro atoms. The van der Waals surface area contributed by atoms with Gasteiger partial charge in [0.05, 0.1) is 0 Å². The highest BCUT2D eigenvalue weighted by atomic mass is 32.1. The molecule has 7 nitrogen and oxygen atoms in total. The van der Waals surface area contributed by atoms with Crippen molar-refractivity contribution in [2.75, 3.05) is 36.4 Å². The second kappa shape index (κ2) is 9.38. The number of benzene rings is 1. The SMILES string of the molecule is Cc1ccc(Nc2ccc(N3CCN(C(=O)c4ccc(-c5cccs5)cc4)CC3)nn2)nc1. The number of nitrogens with one attached hydrogen (secondary N) is 1. The van der Waals surface area contributed by atoms with Gasteiger partial charge in [0.2, 0.25) is 0 Å². The first kappa shape index (κ1) is 21.1. The maximum atomic E-state index is 12.9. The van der Waals surface area contributed by atoms with Crippen molar-refractivity contribution in [1.29, 1.82) is 0 Å². The number of pyridine rings is 1. The lowest BCUT2D eigenvalue weighted by Gasteiger charge is -2.35. The molecule has 1 aromatic carbocycles. The molecule has 0 atom stereocenters. The van der Waals surface area contributed by atoms with Gasteiger partial charge in [-0.15, -0.1) is 21.5 Å². The van der Waals surface area contributed by atoms with Gasteiger partial charge < -0.3 is 15.1 Å². The molecule has 0 radical (unpaired) electrons. The predicted molar refractivity (Wildman–Crippen MR) is 132 cm³/mol. The fraction of sp³-hybridized carbons (Fsp3) is 0.200. The Morgan fingerprint density at radius 1 is 0.909 bits per heavy atom. The largest absolute Gasteiger partial charge is 0.352 e. The highest BCUT2D eigenvalue weighted by Gasteiger charge is 2.23. The summed E-state index contributed by atoms with van der Waals surface area (Å²) in [5, 5.41) is 13.9. The molecule has 4 aromatic rings. The monoisotopic (exact) mass is 456 g/mol. The topological polar surface area (TPSA) is 74.2 Å². The van der Waals surface area contributed by atoms with E-state index in [0.717, 1.165) is 41.4 Å². The maximum Gasteiger partial charge on any atom is 0.253 e. The van der Waals surface area contributed by atoms with Crippen LogP contribution in [0.1, 0.15) is 15.9 Å². The summed E-state index contributed by atoms with van der Waals surface area (Å²) in [4.78, 5) is 22.5. The number of aromatic nitrogens is 3. The smallest absolute Gasteiger partial charge is 0.253 e. The third-order valence-corrected chi connectivity index (χ3v) is 6.57. The maximum absolute atomic E-state index is 12.9. The van der Waals surface area contributed by atoms with E-state index < -0.39 is 0 Å². The van der Waals surface area contributed by atoms with E-state index in [9.17, 15) is 4.79 Å². The van der Waals surface area contributed by atoms with Gasteiger partial charge >= 0.3 is 0 Å². The van der Waals surface area contributed by atoms with E-state index in [1.54, 1.807) is 11.3 Å². The number of carbonyl (C=O) groups excluding carboxylic acids is 1. The first-order valence-corrected chi connectivity index (χ1v) is 11.8. The molecule has 0 bridgehead atoms. The van der Waals surface area contributed by atoms with E-state index in [-0.39, 0.29) is 5.91 Å². The fourth-order valence-electron chi connectivity index (χ4n) is 3.77. The Morgan fingerprint density at radius 2 is 1.70 bits per heavy atom. The Hall–Kier alpha value is -3.78. The highest BCUT2D eigenvalue weighted by molar-refractivity contribution is 7.13. The Bertz CT molecular complexity index is 1200. The summed E-state index contributed by atoms with van der Waals surface area (Å²) in [5.41, 5.74) is 2.97. The summed E-state index contributed by atoms with van der Waals surface area (Å²) in [6.07, 6.45) is 1.81.